The van der Waals surface area contributed by atoms with Gasteiger partial charge < -0.3 is 4.74 Å². The third-order valence-corrected chi connectivity index (χ3v) is 3.05. The topological polar surface area (TPSA) is 91.2 Å². The van der Waals surface area contributed by atoms with Crippen molar-refractivity contribution in [1.82, 2.24) is 10.9 Å². The second-order valence-electron chi connectivity index (χ2n) is 4.85. The number of carbonyl (C=O) groups excluding carboxylic acids is 2. The Kier molecular flexibility index (Phi) is 5.47. The Balaban J connectivity index is 1.88. The Hall–Kier alpha value is -3.40. The molecule has 0 unspecified atom stereocenters. The lowest BCUT2D eigenvalue weighted by Gasteiger charge is -2.15. The lowest BCUT2D eigenvalue weighted by Crippen LogP contribution is -2.47. The van der Waals surface area contributed by atoms with Gasteiger partial charge in [0, 0.05) is 5.56 Å². The van der Waals surface area contributed by atoms with Crippen LogP contribution in [-0.2, 0) is 4.79 Å². The predicted octanol–water partition coefficient (Wildman–Crippen LogP) is 1.93. The summed E-state index contributed by atoms with van der Waals surface area (Å²) in [4.78, 5) is 23.8. The number of amides is 2. The zero-order valence-corrected chi connectivity index (χ0v) is 12.7. The zero-order chi connectivity index (χ0) is 17.5. The second kappa shape index (κ2) is 7.74. The van der Waals surface area contributed by atoms with Crippen molar-refractivity contribution in [1.29, 1.82) is 5.26 Å². The van der Waals surface area contributed by atoms with E-state index in [1.165, 1.54) is 43.3 Å². The Morgan fingerprint density at radius 2 is 1.88 bits per heavy atom. The Morgan fingerprint density at radius 1 is 1.17 bits per heavy atom. The summed E-state index contributed by atoms with van der Waals surface area (Å²) in [6, 6.07) is 13.2. The Labute approximate surface area is 137 Å². The first-order valence-corrected chi connectivity index (χ1v) is 7.02. The van der Waals surface area contributed by atoms with Gasteiger partial charge in [0.05, 0.1) is 11.6 Å². The minimum atomic E-state index is -0.902. The number of hydrazine groups is 1. The normalized spacial score (nSPS) is 11.0. The third-order valence-electron chi connectivity index (χ3n) is 3.05. The maximum atomic E-state index is 12.8. The van der Waals surface area contributed by atoms with Gasteiger partial charge in [-0.1, -0.05) is 6.07 Å². The number of benzene rings is 2. The molecule has 122 valence electrons. The van der Waals surface area contributed by atoms with Gasteiger partial charge >= 0.3 is 0 Å². The maximum absolute atomic E-state index is 12.8. The molecule has 7 heteroatoms. The zero-order valence-electron chi connectivity index (χ0n) is 12.7. The Morgan fingerprint density at radius 3 is 2.54 bits per heavy atom. The van der Waals surface area contributed by atoms with Crippen molar-refractivity contribution in [2.45, 2.75) is 13.0 Å². The van der Waals surface area contributed by atoms with Crippen LogP contribution in [-0.4, -0.2) is 17.9 Å². The van der Waals surface area contributed by atoms with Gasteiger partial charge in [-0.05, 0) is 49.4 Å². The molecule has 0 spiro atoms. The van der Waals surface area contributed by atoms with Gasteiger partial charge in [-0.25, -0.2) is 4.39 Å². The molecule has 0 radical (unpaired) electrons. The molecule has 24 heavy (non-hydrogen) atoms. The summed E-state index contributed by atoms with van der Waals surface area (Å²) in [5, 5.41) is 8.80. The smallest absolute Gasteiger partial charge is 0.279 e. The van der Waals surface area contributed by atoms with E-state index in [1.54, 1.807) is 12.1 Å². The fourth-order valence-electron chi connectivity index (χ4n) is 1.79. The average molecular weight is 327 g/mol. The first-order chi connectivity index (χ1) is 11.5. The largest absolute Gasteiger partial charge is 0.481 e. The number of nitrogens with zero attached hydrogens (tertiary/aromatic N) is 1. The molecular weight excluding hydrogens is 313 g/mol. The number of hydrogen-bond donors (Lipinski definition) is 2. The van der Waals surface area contributed by atoms with Crippen molar-refractivity contribution in [2.75, 3.05) is 0 Å². The van der Waals surface area contributed by atoms with Crippen LogP contribution >= 0.6 is 0 Å². The molecule has 0 aliphatic heterocycles. The van der Waals surface area contributed by atoms with E-state index < -0.39 is 23.7 Å². The molecule has 0 aliphatic rings. The van der Waals surface area contributed by atoms with Crippen LogP contribution in [0.3, 0.4) is 0 Å². The van der Waals surface area contributed by atoms with Gasteiger partial charge in [0.1, 0.15) is 11.6 Å². The lowest BCUT2D eigenvalue weighted by molar-refractivity contribution is -0.128. The molecule has 2 N–H and O–H groups in total. The van der Waals surface area contributed by atoms with Crippen LogP contribution in [0.15, 0.2) is 48.5 Å². The average Bonchev–Trinajstić information content (AvgIpc) is 2.61. The molecular formula is C17H14FN3O3. The van der Waals surface area contributed by atoms with Gasteiger partial charge in [-0.2, -0.15) is 5.26 Å². The van der Waals surface area contributed by atoms with Crippen LogP contribution in [0.4, 0.5) is 4.39 Å². The number of halogens is 1. The lowest BCUT2D eigenvalue weighted by atomic mass is 10.1. The molecule has 0 saturated heterocycles. The summed E-state index contributed by atoms with van der Waals surface area (Å²) in [7, 11) is 0. The van der Waals surface area contributed by atoms with Gasteiger partial charge in [0.25, 0.3) is 11.8 Å². The number of nitrogens with one attached hydrogen (secondary N) is 2. The number of ether oxygens (including phenoxy) is 1. The van der Waals surface area contributed by atoms with Crippen LogP contribution in [0.5, 0.6) is 5.75 Å². The highest BCUT2D eigenvalue weighted by molar-refractivity contribution is 5.96. The fourth-order valence-corrected chi connectivity index (χ4v) is 1.79. The minimum Gasteiger partial charge on any atom is -0.481 e. The first-order valence-electron chi connectivity index (χ1n) is 7.02. The third kappa shape index (κ3) is 4.55. The van der Waals surface area contributed by atoms with Crippen molar-refractivity contribution in [2.24, 2.45) is 0 Å². The molecule has 0 saturated carbocycles. The number of carbonyl (C=O) groups is 2. The molecule has 2 rings (SSSR count). The van der Waals surface area contributed by atoms with Gasteiger partial charge in [-0.3, -0.25) is 20.4 Å². The molecule has 6 nitrogen and oxygen atoms in total. The summed E-state index contributed by atoms with van der Waals surface area (Å²) in [5.74, 6) is -1.23. The summed E-state index contributed by atoms with van der Waals surface area (Å²) < 4.78 is 18.1. The van der Waals surface area contributed by atoms with Gasteiger partial charge in [0.15, 0.2) is 6.10 Å². The molecule has 0 aliphatic carbocycles. The van der Waals surface area contributed by atoms with E-state index in [0.717, 1.165) is 0 Å². The van der Waals surface area contributed by atoms with E-state index in [1.807, 2.05) is 6.07 Å². The van der Waals surface area contributed by atoms with E-state index in [0.29, 0.717) is 11.3 Å². The predicted molar refractivity (Wildman–Crippen MR) is 83.3 cm³/mol. The monoisotopic (exact) mass is 327 g/mol. The molecule has 0 aromatic heterocycles. The van der Waals surface area contributed by atoms with Crippen molar-refractivity contribution in [3.8, 4) is 11.8 Å². The van der Waals surface area contributed by atoms with E-state index >= 15 is 0 Å². The van der Waals surface area contributed by atoms with E-state index in [4.69, 9.17) is 10.00 Å². The van der Waals surface area contributed by atoms with E-state index in [9.17, 15) is 14.0 Å². The second-order valence-corrected chi connectivity index (χ2v) is 4.85. The SMILES string of the molecule is C[C@@H](Oc1ccc(F)cc1)C(=O)NNC(=O)c1cccc(C#N)c1. The highest BCUT2D eigenvalue weighted by Crippen LogP contribution is 2.12. The maximum Gasteiger partial charge on any atom is 0.279 e. The minimum absolute atomic E-state index is 0.237. The molecule has 1 atom stereocenters. The van der Waals surface area contributed by atoms with Crippen LogP contribution in [0.25, 0.3) is 0 Å². The van der Waals surface area contributed by atoms with Crippen LogP contribution in [0.2, 0.25) is 0 Å². The summed E-state index contributed by atoms with van der Waals surface area (Å²) in [5.41, 5.74) is 5.04. The van der Waals surface area contributed by atoms with E-state index in [2.05, 4.69) is 10.9 Å². The molecule has 0 bridgehead atoms. The summed E-state index contributed by atoms with van der Waals surface area (Å²) in [6.07, 6.45) is -0.902. The van der Waals surface area contributed by atoms with Crippen molar-refractivity contribution in [3.63, 3.8) is 0 Å². The number of rotatable bonds is 4. The van der Waals surface area contributed by atoms with Gasteiger partial charge in [0.2, 0.25) is 0 Å². The van der Waals surface area contributed by atoms with E-state index in [-0.39, 0.29) is 5.56 Å². The van der Waals surface area contributed by atoms with Gasteiger partial charge in [-0.15, -0.1) is 0 Å². The van der Waals surface area contributed by atoms with Crippen molar-refractivity contribution < 1.29 is 18.7 Å². The molecule has 0 fully saturated rings. The van der Waals surface area contributed by atoms with Crippen LogP contribution in [0, 0.1) is 17.1 Å². The highest BCUT2D eigenvalue weighted by atomic mass is 19.1. The number of hydrogen-bond acceptors (Lipinski definition) is 4. The molecule has 2 aromatic carbocycles. The first kappa shape index (κ1) is 17.0. The molecule has 2 amide bonds. The highest BCUT2D eigenvalue weighted by Gasteiger charge is 2.16. The number of nitriles is 1. The molecule has 0 heterocycles. The summed E-state index contributed by atoms with van der Waals surface area (Å²) >= 11 is 0. The van der Waals surface area contributed by atoms with Crippen molar-refractivity contribution in [3.05, 3.63) is 65.5 Å². The standard InChI is InChI=1S/C17H14FN3O3/c1-11(24-15-7-5-14(18)6-8-15)16(22)20-21-17(23)13-4-2-3-12(9-13)10-19/h2-9,11H,1H3,(H,20,22)(H,21,23)/t11-/m1/s1. The molecule has 2 aromatic rings. The Bertz CT molecular complexity index is 784. The summed E-state index contributed by atoms with van der Waals surface area (Å²) in [6.45, 7) is 1.49. The fraction of sp³-hybridized carbons (Fsp3) is 0.118. The van der Waals surface area contributed by atoms with Crippen LogP contribution < -0.4 is 15.6 Å². The van der Waals surface area contributed by atoms with Crippen molar-refractivity contribution >= 4 is 11.8 Å². The van der Waals surface area contributed by atoms with Crippen LogP contribution in [0.1, 0.15) is 22.8 Å². The quantitative estimate of drug-likeness (QED) is 0.840.